The molecule has 1 aliphatic heterocycles. The van der Waals surface area contributed by atoms with Crippen molar-refractivity contribution in [1.29, 1.82) is 0 Å². The molecule has 0 unspecified atom stereocenters. The fourth-order valence-corrected chi connectivity index (χ4v) is 4.67. The molecule has 0 aliphatic carbocycles. The Morgan fingerprint density at radius 2 is 1.57 bits per heavy atom. The number of nitrogens with zero attached hydrogens (tertiary/aromatic N) is 1. The van der Waals surface area contributed by atoms with Gasteiger partial charge in [-0.15, -0.1) is 0 Å². The second-order valence-electron chi connectivity index (χ2n) is 8.42. The van der Waals surface area contributed by atoms with Crippen molar-refractivity contribution < 1.29 is 8.42 Å². The van der Waals surface area contributed by atoms with Gasteiger partial charge in [0.15, 0.2) is 0 Å². The second kappa shape index (κ2) is 8.06. The van der Waals surface area contributed by atoms with Crippen LogP contribution in [-0.4, -0.2) is 25.8 Å². The first-order chi connectivity index (χ1) is 13.2. The van der Waals surface area contributed by atoms with Crippen LogP contribution in [0, 0.1) is 6.92 Å². The average molecular weight is 396 g/mol. The van der Waals surface area contributed by atoms with Crippen molar-refractivity contribution in [1.82, 2.24) is 4.31 Å². The first-order valence-electron chi connectivity index (χ1n) is 9.71. The number of hydrogen-bond acceptors (Lipinski definition) is 2. The van der Waals surface area contributed by atoms with Crippen molar-refractivity contribution in [2.45, 2.75) is 44.4 Å². The summed E-state index contributed by atoms with van der Waals surface area (Å²) in [7, 11) is -3.46. The van der Waals surface area contributed by atoms with E-state index in [-0.39, 0.29) is 5.41 Å². The fourth-order valence-electron chi connectivity index (χ4n) is 3.22. The SMILES string of the molecule is Cc1ccc(S(=O)(=O)N2CCC=C(/C=C/c3ccc(C(C)(C)C)cc3)C2)cc1. The molecular formula is C24H29NO2S. The Morgan fingerprint density at radius 1 is 0.929 bits per heavy atom. The van der Waals surface area contributed by atoms with Crippen LogP contribution in [0.25, 0.3) is 6.08 Å². The molecule has 2 aromatic carbocycles. The number of sulfonamides is 1. The summed E-state index contributed by atoms with van der Waals surface area (Å²) in [5.41, 5.74) is 4.64. The molecule has 0 aromatic heterocycles. The zero-order chi connectivity index (χ0) is 20.4. The van der Waals surface area contributed by atoms with Gasteiger partial charge in [-0.1, -0.05) is 81.0 Å². The van der Waals surface area contributed by atoms with Gasteiger partial charge >= 0.3 is 0 Å². The third-order valence-corrected chi connectivity index (χ3v) is 6.93. The highest BCUT2D eigenvalue weighted by molar-refractivity contribution is 7.89. The van der Waals surface area contributed by atoms with Crippen molar-refractivity contribution in [2.75, 3.05) is 13.1 Å². The summed E-state index contributed by atoms with van der Waals surface area (Å²) < 4.78 is 27.4. The summed E-state index contributed by atoms with van der Waals surface area (Å²) in [6, 6.07) is 15.6. The summed E-state index contributed by atoms with van der Waals surface area (Å²) in [6.07, 6.45) is 6.94. The Labute approximate surface area is 169 Å². The monoisotopic (exact) mass is 395 g/mol. The Hall–Kier alpha value is -2.17. The molecule has 0 amide bonds. The first-order valence-corrected chi connectivity index (χ1v) is 11.1. The third kappa shape index (κ3) is 4.81. The Balaban J connectivity index is 1.72. The van der Waals surface area contributed by atoms with E-state index in [1.807, 2.05) is 25.1 Å². The Kier molecular flexibility index (Phi) is 5.92. The first kappa shape index (κ1) is 20.6. The summed E-state index contributed by atoms with van der Waals surface area (Å²) in [6.45, 7) is 9.49. The highest BCUT2D eigenvalue weighted by atomic mass is 32.2. The molecule has 0 saturated heterocycles. The van der Waals surface area contributed by atoms with Crippen molar-refractivity contribution in [3.05, 3.63) is 82.9 Å². The maximum Gasteiger partial charge on any atom is 0.243 e. The molecule has 3 rings (SSSR count). The highest BCUT2D eigenvalue weighted by Gasteiger charge is 2.26. The minimum Gasteiger partial charge on any atom is -0.207 e. The van der Waals surface area contributed by atoms with E-state index in [2.05, 4.69) is 57.2 Å². The molecule has 3 nitrogen and oxygen atoms in total. The van der Waals surface area contributed by atoms with E-state index >= 15 is 0 Å². The van der Waals surface area contributed by atoms with E-state index in [4.69, 9.17) is 0 Å². The normalized spacial score (nSPS) is 16.4. The van der Waals surface area contributed by atoms with Crippen molar-refractivity contribution in [3.63, 3.8) is 0 Å². The second-order valence-corrected chi connectivity index (χ2v) is 10.4. The van der Waals surface area contributed by atoms with Crippen LogP contribution in [0.5, 0.6) is 0 Å². The summed E-state index contributed by atoms with van der Waals surface area (Å²) in [5.74, 6) is 0. The van der Waals surface area contributed by atoms with Gasteiger partial charge in [0.1, 0.15) is 0 Å². The van der Waals surface area contributed by atoms with Crippen LogP contribution >= 0.6 is 0 Å². The van der Waals surface area contributed by atoms with Gasteiger partial charge in [-0.25, -0.2) is 8.42 Å². The molecule has 148 valence electrons. The Bertz CT molecular complexity index is 976. The molecule has 0 saturated carbocycles. The van der Waals surface area contributed by atoms with Crippen LogP contribution < -0.4 is 0 Å². The molecule has 0 N–H and O–H groups in total. The van der Waals surface area contributed by atoms with E-state index in [0.717, 1.165) is 23.1 Å². The van der Waals surface area contributed by atoms with Crippen LogP contribution in [-0.2, 0) is 15.4 Å². The van der Waals surface area contributed by atoms with Crippen LogP contribution in [0.1, 0.15) is 43.9 Å². The molecule has 0 bridgehead atoms. The van der Waals surface area contributed by atoms with Gasteiger partial charge in [0.05, 0.1) is 4.90 Å². The fraction of sp³-hybridized carbons (Fsp3) is 0.333. The topological polar surface area (TPSA) is 37.4 Å². The third-order valence-electron chi connectivity index (χ3n) is 5.07. The predicted molar refractivity (Wildman–Crippen MR) is 117 cm³/mol. The maximum atomic E-state index is 12.9. The molecule has 0 radical (unpaired) electrons. The molecule has 4 heteroatoms. The van der Waals surface area contributed by atoms with E-state index in [9.17, 15) is 8.42 Å². The molecule has 0 atom stereocenters. The van der Waals surface area contributed by atoms with Crippen LogP contribution in [0.3, 0.4) is 0 Å². The highest BCUT2D eigenvalue weighted by Crippen LogP contribution is 2.24. The van der Waals surface area contributed by atoms with Gasteiger partial charge in [0.2, 0.25) is 10.0 Å². The van der Waals surface area contributed by atoms with Gasteiger partial charge in [-0.05, 0) is 47.6 Å². The lowest BCUT2D eigenvalue weighted by molar-refractivity contribution is 0.431. The molecule has 0 fully saturated rings. The lowest BCUT2D eigenvalue weighted by atomic mass is 9.87. The Morgan fingerprint density at radius 3 is 2.18 bits per heavy atom. The minimum absolute atomic E-state index is 0.138. The summed E-state index contributed by atoms with van der Waals surface area (Å²) in [5, 5.41) is 0. The molecule has 1 heterocycles. The number of aryl methyl sites for hydroxylation is 1. The van der Waals surface area contributed by atoms with E-state index < -0.39 is 10.0 Å². The van der Waals surface area contributed by atoms with Gasteiger partial charge < -0.3 is 0 Å². The van der Waals surface area contributed by atoms with Crippen LogP contribution in [0.2, 0.25) is 0 Å². The van der Waals surface area contributed by atoms with Crippen LogP contribution in [0.4, 0.5) is 0 Å². The predicted octanol–water partition coefficient (Wildman–Crippen LogP) is 5.33. The number of benzene rings is 2. The van der Waals surface area contributed by atoms with Gasteiger partial charge in [0, 0.05) is 13.1 Å². The average Bonchev–Trinajstić information content (AvgIpc) is 2.66. The van der Waals surface area contributed by atoms with E-state index in [1.54, 1.807) is 16.4 Å². The minimum atomic E-state index is -3.46. The van der Waals surface area contributed by atoms with E-state index in [1.165, 1.54) is 5.56 Å². The molecule has 2 aromatic rings. The summed E-state index contributed by atoms with van der Waals surface area (Å²) >= 11 is 0. The lowest BCUT2D eigenvalue weighted by Crippen LogP contribution is -2.35. The lowest BCUT2D eigenvalue weighted by Gasteiger charge is -2.25. The summed E-state index contributed by atoms with van der Waals surface area (Å²) in [4.78, 5) is 0.362. The van der Waals surface area contributed by atoms with Gasteiger partial charge in [0.25, 0.3) is 0 Å². The molecule has 0 spiro atoms. The molecular weight excluding hydrogens is 366 g/mol. The standard InChI is InChI=1S/C24H29NO2S/c1-19-7-15-23(16-8-19)28(26,27)25-17-5-6-21(18-25)10-9-20-11-13-22(14-12-20)24(2,3)4/h6-16H,5,17-18H2,1-4H3/b10-9+. The molecule has 1 aliphatic rings. The largest absolute Gasteiger partial charge is 0.243 e. The van der Waals surface area contributed by atoms with Crippen molar-refractivity contribution in [2.24, 2.45) is 0 Å². The maximum absolute atomic E-state index is 12.9. The quantitative estimate of drug-likeness (QED) is 0.702. The number of hydrogen-bond donors (Lipinski definition) is 0. The van der Waals surface area contributed by atoms with Crippen LogP contribution in [0.15, 0.2) is 71.2 Å². The molecule has 28 heavy (non-hydrogen) atoms. The van der Waals surface area contributed by atoms with E-state index in [0.29, 0.717) is 18.0 Å². The number of rotatable bonds is 4. The zero-order valence-electron chi connectivity index (χ0n) is 17.1. The zero-order valence-corrected chi connectivity index (χ0v) is 18.0. The van der Waals surface area contributed by atoms with Crippen molar-refractivity contribution in [3.8, 4) is 0 Å². The van der Waals surface area contributed by atoms with Gasteiger partial charge in [-0.3, -0.25) is 0 Å². The van der Waals surface area contributed by atoms with Gasteiger partial charge in [-0.2, -0.15) is 4.31 Å². The smallest absolute Gasteiger partial charge is 0.207 e. The van der Waals surface area contributed by atoms with Crippen molar-refractivity contribution >= 4 is 16.1 Å².